The summed E-state index contributed by atoms with van der Waals surface area (Å²) in [4.78, 5) is 29.6. The maximum Gasteiger partial charge on any atom is 0.308 e. The van der Waals surface area contributed by atoms with Crippen molar-refractivity contribution in [1.82, 2.24) is 15.5 Å². The zero-order valence-electron chi connectivity index (χ0n) is 18.1. The minimum absolute atomic E-state index is 0. The lowest BCUT2D eigenvalue weighted by Crippen LogP contribution is -2.43. The monoisotopic (exact) mass is 520 g/mol. The van der Waals surface area contributed by atoms with Crippen molar-refractivity contribution < 1.29 is 19.1 Å². The molecule has 0 saturated carbocycles. The highest BCUT2D eigenvalue weighted by molar-refractivity contribution is 14.0. The number of hydrogen-bond donors (Lipinski definition) is 2. The minimum Gasteiger partial charge on any atom is -0.497 e. The molecule has 0 heterocycles. The Balaban J connectivity index is 0.00000784. The summed E-state index contributed by atoms with van der Waals surface area (Å²) in [6.07, 6.45) is 0.197. The molecule has 0 atom stereocenters. The predicted molar refractivity (Wildman–Crippen MR) is 125 cm³/mol. The van der Waals surface area contributed by atoms with Crippen molar-refractivity contribution in [2.45, 2.75) is 39.3 Å². The van der Waals surface area contributed by atoms with Crippen LogP contribution in [0.4, 0.5) is 0 Å². The third-order valence-corrected chi connectivity index (χ3v) is 3.53. The summed E-state index contributed by atoms with van der Waals surface area (Å²) in [6.45, 7) is 6.35. The van der Waals surface area contributed by atoms with E-state index in [1.165, 1.54) is 4.90 Å². The number of ether oxygens (including phenoxy) is 2. The average Bonchev–Trinajstić information content (AvgIpc) is 2.62. The summed E-state index contributed by atoms with van der Waals surface area (Å²) in [5, 5.41) is 6.05. The highest BCUT2D eigenvalue weighted by Crippen LogP contribution is 2.12. The third-order valence-electron chi connectivity index (χ3n) is 3.53. The lowest BCUT2D eigenvalue weighted by Gasteiger charge is -2.20. The van der Waals surface area contributed by atoms with Gasteiger partial charge in [0.15, 0.2) is 5.96 Å². The van der Waals surface area contributed by atoms with Crippen LogP contribution in [0, 0.1) is 0 Å². The van der Waals surface area contributed by atoms with E-state index < -0.39 is 5.60 Å². The molecule has 0 aliphatic rings. The van der Waals surface area contributed by atoms with E-state index >= 15 is 0 Å². The van der Waals surface area contributed by atoms with Crippen molar-refractivity contribution in [1.29, 1.82) is 0 Å². The maximum atomic E-state index is 11.8. The van der Waals surface area contributed by atoms with Crippen LogP contribution >= 0.6 is 24.0 Å². The summed E-state index contributed by atoms with van der Waals surface area (Å²) >= 11 is 0. The number of aliphatic imine (C=N–C) groups is 1. The Morgan fingerprint density at radius 1 is 1.10 bits per heavy atom. The molecule has 0 radical (unpaired) electrons. The number of carbonyl (C=O) groups is 2. The number of rotatable bonds is 8. The molecule has 1 aromatic carbocycles. The Morgan fingerprint density at radius 2 is 1.72 bits per heavy atom. The summed E-state index contributed by atoms with van der Waals surface area (Å²) in [6, 6.07) is 7.57. The van der Waals surface area contributed by atoms with Crippen molar-refractivity contribution in [2.24, 2.45) is 4.99 Å². The van der Waals surface area contributed by atoms with Crippen LogP contribution < -0.4 is 15.4 Å². The molecule has 0 aliphatic carbocycles. The molecule has 0 saturated heterocycles. The van der Waals surface area contributed by atoms with Gasteiger partial charge in [-0.15, -0.1) is 24.0 Å². The molecule has 0 aliphatic heterocycles. The van der Waals surface area contributed by atoms with Gasteiger partial charge < -0.3 is 25.0 Å². The first kappa shape index (κ1) is 27.0. The highest BCUT2D eigenvalue weighted by atomic mass is 127. The van der Waals surface area contributed by atoms with Crippen molar-refractivity contribution in [3.8, 4) is 5.75 Å². The van der Waals surface area contributed by atoms with Crippen molar-refractivity contribution >= 4 is 41.8 Å². The number of amides is 1. The molecule has 0 aromatic heterocycles. The number of benzene rings is 1. The van der Waals surface area contributed by atoms with E-state index in [4.69, 9.17) is 9.47 Å². The molecule has 29 heavy (non-hydrogen) atoms. The summed E-state index contributed by atoms with van der Waals surface area (Å²) in [5.41, 5.74) is 0.478. The van der Waals surface area contributed by atoms with Crippen LogP contribution in [0.2, 0.25) is 0 Å². The van der Waals surface area contributed by atoms with Crippen molar-refractivity contribution in [2.75, 3.05) is 34.3 Å². The van der Waals surface area contributed by atoms with E-state index in [0.29, 0.717) is 19.0 Å². The van der Waals surface area contributed by atoms with E-state index in [1.807, 2.05) is 45.0 Å². The Kier molecular flexibility index (Phi) is 12.3. The molecule has 1 rings (SSSR count). The minimum atomic E-state index is -0.515. The molecular weight excluding hydrogens is 487 g/mol. The summed E-state index contributed by atoms with van der Waals surface area (Å²) in [5.74, 6) is 0.859. The van der Waals surface area contributed by atoms with Crippen LogP contribution in [0.5, 0.6) is 5.75 Å². The Hall–Kier alpha value is -2.04. The topological polar surface area (TPSA) is 92.3 Å². The van der Waals surface area contributed by atoms with E-state index in [9.17, 15) is 9.59 Å². The van der Waals surface area contributed by atoms with Crippen molar-refractivity contribution in [3.05, 3.63) is 29.8 Å². The van der Waals surface area contributed by atoms with E-state index in [-0.39, 0.29) is 48.8 Å². The first-order chi connectivity index (χ1) is 13.1. The number of guanidine groups is 1. The number of methoxy groups -OCH3 is 1. The van der Waals surface area contributed by atoms with Gasteiger partial charge in [-0.2, -0.15) is 0 Å². The van der Waals surface area contributed by atoms with Gasteiger partial charge in [-0.3, -0.25) is 9.59 Å². The highest BCUT2D eigenvalue weighted by Gasteiger charge is 2.16. The Morgan fingerprint density at radius 3 is 2.24 bits per heavy atom. The van der Waals surface area contributed by atoms with E-state index in [2.05, 4.69) is 15.6 Å². The first-order valence-corrected chi connectivity index (χ1v) is 9.18. The molecule has 8 nitrogen and oxygen atoms in total. The fourth-order valence-corrected chi connectivity index (χ4v) is 2.07. The van der Waals surface area contributed by atoms with Gasteiger partial charge in [0.1, 0.15) is 11.4 Å². The van der Waals surface area contributed by atoms with Gasteiger partial charge in [-0.25, -0.2) is 4.99 Å². The van der Waals surface area contributed by atoms with Gasteiger partial charge in [-0.05, 0) is 38.5 Å². The van der Waals surface area contributed by atoms with Crippen LogP contribution in [0.25, 0.3) is 0 Å². The van der Waals surface area contributed by atoms with E-state index in [1.54, 1.807) is 21.2 Å². The number of likely N-dealkylation sites (N-methyl/N-ethyl adjacent to an activating group) is 1. The Bertz CT molecular complexity index is 670. The van der Waals surface area contributed by atoms with Gasteiger partial charge >= 0.3 is 5.97 Å². The second-order valence-electron chi connectivity index (χ2n) is 7.42. The molecule has 1 aromatic rings. The van der Waals surface area contributed by atoms with Gasteiger partial charge in [0.05, 0.1) is 26.6 Å². The number of esters is 1. The maximum absolute atomic E-state index is 11.8. The second kappa shape index (κ2) is 13.2. The smallest absolute Gasteiger partial charge is 0.308 e. The number of carbonyl (C=O) groups excluding carboxylic acids is 2. The van der Waals surface area contributed by atoms with Gasteiger partial charge in [0.2, 0.25) is 5.91 Å². The molecule has 0 spiro atoms. The Labute approximate surface area is 190 Å². The summed E-state index contributed by atoms with van der Waals surface area (Å²) < 4.78 is 10.4. The second-order valence-corrected chi connectivity index (χ2v) is 7.42. The van der Waals surface area contributed by atoms with Crippen LogP contribution in [0.1, 0.15) is 32.8 Å². The fourth-order valence-electron chi connectivity index (χ4n) is 2.07. The first-order valence-electron chi connectivity index (χ1n) is 9.18. The average molecular weight is 520 g/mol. The van der Waals surface area contributed by atoms with Crippen LogP contribution in [0.3, 0.4) is 0 Å². The molecule has 0 unspecified atom stereocenters. The molecule has 9 heteroatoms. The number of halogens is 1. The SMILES string of the molecule is COc1ccc(CN=C(NCCC(=O)OC(C)(C)C)NCC(=O)N(C)C)cc1.I. The van der Waals surface area contributed by atoms with E-state index in [0.717, 1.165) is 11.3 Å². The van der Waals surface area contributed by atoms with Crippen LogP contribution in [0.15, 0.2) is 29.3 Å². The zero-order chi connectivity index (χ0) is 21.2. The van der Waals surface area contributed by atoms with Gasteiger partial charge in [0, 0.05) is 20.6 Å². The standard InChI is InChI=1S/C20H32N4O4.HI/c1-20(2,3)28-18(26)11-12-21-19(23-14-17(25)24(4)5)22-13-15-7-9-16(27-6)10-8-15;/h7-10H,11-14H2,1-6H3,(H2,21,22,23);1H. The zero-order valence-corrected chi connectivity index (χ0v) is 20.4. The largest absolute Gasteiger partial charge is 0.497 e. The molecule has 2 N–H and O–H groups in total. The number of nitrogens with zero attached hydrogens (tertiary/aromatic N) is 2. The normalized spacial score (nSPS) is 11.2. The van der Waals surface area contributed by atoms with Gasteiger partial charge in [0.25, 0.3) is 0 Å². The molecule has 1 amide bonds. The molecule has 0 fully saturated rings. The number of hydrogen-bond acceptors (Lipinski definition) is 5. The number of nitrogens with one attached hydrogen (secondary N) is 2. The van der Waals surface area contributed by atoms with Crippen LogP contribution in [-0.4, -0.2) is 62.6 Å². The lowest BCUT2D eigenvalue weighted by atomic mass is 10.2. The predicted octanol–water partition coefficient (Wildman–Crippen LogP) is 2.17. The van der Waals surface area contributed by atoms with Crippen molar-refractivity contribution in [3.63, 3.8) is 0 Å². The molecule has 0 bridgehead atoms. The lowest BCUT2D eigenvalue weighted by molar-refractivity contribution is -0.154. The molecular formula is C20H33IN4O4. The fraction of sp³-hybridized carbons (Fsp3) is 0.550. The van der Waals surface area contributed by atoms with Crippen LogP contribution in [-0.2, 0) is 20.9 Å². The molecule has 164 valence electrons. The third kappa shape index (κ3) is 12.2. The van der Waals surface area contributed by atoms with Gasteiger partial charge in [-0.1, -0.05) is 12.1 Å². The summed E-state index contributed by atoms with van der Waals surface area (Å²) in [7, 11) is 4.99. The quantitative estimate of drug-likeness (QED) is 0.236.